The molecule has 0 spiro atoms. The van der Waals surface area contributed by atoms with Crippen LogP contribution in [0.1, 0.15) is 11.6 Å². The number of hydrogen-bond donors (Lipinski definition) is 2. The Kier molecular flexibility index (Phi) is 6.56. The first-order chi connectivity index (χ1) is 7.98. The van der Waals surface area contributed by atoms with E-state index in [9.17, 15) is 27.1 Å². The summed E-state index contributed by atoms with van der Waals surface area (Å²) in [5, 5.41) is 9.53. The molecule has 1 atom stereocenters. The lowest BCUT2D eigenvalue weighted by Gasteiger charge is -2.26. The van der Waals surface area contributed by atoms with Crippen molar-refractivity contribution in [1.82, 2.24) is 0 Å². The monoisotopic (exact) mass is 529 g/mol. The molecule has 19 heavy (non-hydrogen) atoms. The predicted octanol–water partition coefficient (Wildman–Crippen LogP) is 4.22. The first kappa shape index (κ1) is 19.4. The molecule has 0 saturated carbocycles. The Balaban J connectivity index is 0.00000324. The van der Waals surface area contributed by atoms with E-state index in [1.165, 1.54) is 6.07 Å². The third-order valence-corrected chi connectivity index (χ3v) is 3.61. The Morgan fingerprint density at radius 3 is 2.00 bits per heavy atom. The van der Waals surface area contributed by atoms with E-state index < -0.39 is 29.5 Å². The van der Waals surface area contributed by atoms with Gasteiger partial charge >= 0.3 is 12.1 Å². The molecule has 0 unspecified atom stereocenters. The number of hydrogen-bond acceptors (Lipinski definition) is 2. The summed E-state index contributed by atoms with van der Waals surface area (Å²) in [6.07, 6.45) is -5.77. The molecule has 10 heteroatoms. The van der Waals surface area contributed by atoms with Crippen molar-refractivity contribution in [3.8, 4) is 5.75 Å². The summed E-state index contributed by atoms with van der Waals surface area (Å²) in [5.41, 5.74) is 4.33. The van der Waals surface area contributed by atoms with Gasteiger partial charge in [-0.05, 0) is 57.3 Å². The van der Waals surface area contributed by atoms with E-state index in [2.05, 4.69) is 0 Å². The molecule has 0 amide bonds. The van der Waals surface area contributed by atoms with Gasteiger partial charge in [0, 0.05) is 9.13 Å². The highest BCUT2D eigenvalue weighted by Gasteiger charge is 2.62. The zero-order valence-corrected chi connectivity index (χ0v) is 13.9. The lowest BCUT2D eigenvalue weighted by Crippen LogP contribution is -2.45. The standard InChI is InChI=1S/C9H6F5I2NO.ClH/c10-8(11,9(12,13)14)7(17)4-1-3(15)2-5(16)6(4)18;/h1-2,7,18H,17H2;1H/t7-;/m1./s1. The molecule has 2 nitrogen and oxygen atoms in total. The number of alkyl halides is 5. The maximum atomic E-state index is 13.1. The highest BCUT2D eigenvalue weighted by molar-refractivity contribution is 14.1. The lowest BCUT2D eigenvalue weighted by atomic mass is 10.00. The molecule has 0 radical (unpaired) electrons. The SMILES string of the molecule is Cl.N[C@H](c1cc(I)cc(I)c1O)C(F)(F)C(F)(F)F. The third-order valence-electron chi connectivity index (χ3n) is 2.16. The van der Waals surface area contributed by atoms with Gasteiger partial charge in [0.15, 0.2) is 0 Å². The topological polar surface area (TPSA) is 46.2 Å². The number of nitrogens with two attached hydrogens (primary N) is 1. The molecule has 1 aromatic rings. The fourth-order valence-corrected chi connectivity index (χ4v) is 3.08. The summed E-state index contributed by atoms with van der Waals surface area (Å²) >= 11 is 3.35. The van der Waals surface area contributed by atoms with Crippen LogP contribution in [0.3, 0.4) is 0 Å². The minimum atomic E-state index is -5.77. The van der Waals surface area contributed by atoms with Crippen LogP contribution in [0.4, 0.5) is 22.0 Å². The van der Waals surface area contributed by atoms with Crippen molar-refractivity contribution in [1.29, 1.82) is 0 Å². The Bertz CT molecular complexity index is 469. The normalized spacial score (nSPS) is 13.9. The van der Waals surface area contributed by atoms with Gasteiger partial charge in [0.05, 0.1) is 3.57 Å². The molecule has 0 saturated heterocycles. The molecule has 110 valence electrons. The van der Waals surface area contributed by atoms with Crippen LogP contribution in [-0.4, -0.2) is 17.2 Å². The number of aromatic hydroxyl groups is 1. The summed E-state index contributed by atoms with van der Waals surface area (Å²) in [5.74, 6) is -5.77. The van der Waals surface area contributed by atoms with Gasteiger partial charge < -0.3 is 10.8 Å². The molecule has 0 fully saturated rings. The molecule has 1 rings (SSSR count). The molecule has 1 aromatic carbocycles. The van der Waals surface area contributed by atoms with Gasteiger partial charge in [-0.25, -0.2) is 0 Å². The average molecular weight is 529 g/mol. The van der Waals surface area contributed by atoms with Crippen LogP contribution in [0.5, 0.6) is 5.75 Å². The largest absolute Gasteiger partial charge is 0.506 e. The van der Waals surface area contributed by atoms with Crippen LogP contribution in [0.25, 0.3) is 0 Å². The molecule has 0 aliphatic rings. The Morgan fingerprint density at radius 2 is 1.58 bits per heavy atom. The molecule has 3 N–H and O–H groups in total. The number of halogens is 8. The summed E-state index contributed by atoms with van der Waals surface area (Å²) in [6.45, 7) is 0. The molecule has 0 bridgehead atoms. The van der Waals surface area contributed by atoms with Crippen LogP contribution in [-0.2, 0) is 0 Å². The molecular formula is C9H7ClF5I2NO. The molecular weight excluding hydrogens is 522 g/mol. The van der Waals surface area contributed by atoms with Gasteiger partial charge in [-0.2, -0.15) is 22.0 Å². The van der Waals surface area contributed by atoms with Crippen molar-refractivity contribution < 1.29 is 27.1 Å². The van der Waals surface area contributed by atoms with E-state index in [1.54, 1.807) is 45.2 Å². The predicted molar refractivity (Wildman–Crippen MR) is 78.7 cm³/mol. The summed E-state index contributed by atoms with van der Waals surface area (Å²) < 4.78 is 63.3. The highest BCUT2D eigenvalue weighted by Crippen LogP contribution is 2.45. The number of benzene rings is 1. The molecule has 0 aliphatic heterocycles. The fraction of sp³-hybridized carbons (Fsp3) is 0.333. The maximum absolute atomic E-state index is 13.1. The van der Waals surface area contributed by atoms with Gasteiger partial charge in [0.2, 0.25) is 0 Å². The van der Waals surface area contributed by atoms with Gasteiger partial charge in [-0.15, -0.1) is 12.4 Å². The Morgan fingerprint density at radius 1 is 1.11 bits per heavy atom. The van der Waals surface area contributed by atoms with Crippen LogP contribution in [0.2, 0.25) is 0 Å². The average Bonchev–Trinajstić information content (AvgIpc) is 2.20. The molecule has 0 aromatic heterocycles. The van der Waals surface area contributed by atoms with Crippen molar-refractivity contribution in [3.63, 3.8) is 0 Å². The third kappa shape index (κ3) is 3.94. The minimum absolute atomic E-state index is 0. The van der Waals surface area contributed by atoms with Gasteiger partial charge in [-0.1, -0.05) is 0 Å². The van der Waals surface area contributed by atoms with Crippen molar-refractivity contribution in [3.05, 3.63) is 24.8 Å². The second kappa shape index (κ2) is 6.43. The van der Waals surface area contributed by atoms with Gasteiger partial charge in [-0.3, -0.25) is 0 Å². The van der Waals surface area contributed by atoms with Crippen LogP contribution in [0, 0.1) is 7.14 Å². The second-order valence-corrected chi connectivity index (χ2v) is 5.83. The quantitative estimate of drug-likeness (QED) is 0.446. The van der Waals surface area contributed by atoms with E-state index in [-0.39, 0.29) is 16.0 Å². The Labute approximate surface area is 138 Å². The fourth-order valence-electron chi connectivity index (χ4n) is 1.19. The zero-order chi connectivity index (χ0) is 14.3. The second-order valence-electron chi connectivity index (χ2n) is 3.42. The van der Waals surface area contributed by atoms with Crippen LogP contribution < -0.4 is 5.73 Å². The van der Waals surface area contributed by atoms with Crippen molar-refractivity contribution >= 4 is 57.6 Å². The lowest BCUT2D eigenvalue weighted by molar-refractivity contribution is -0.291. The first-order valence-electron chi connectivity index (χ1n) is 4.36. The molecule has 0 heterocycles. The van der Waals surface area contributed by atoms with Gasteiger partial charge in [0.25, 0.3) is 0 Å². The Hall–Kier alpha value is 0.380. The number of phenolic OH excluding ortho intramolecular Hbond substituents is 1. The zero-order valence-electron chi connectivity index (χ0n) is 8.81. The highest BCUT2D eigenvalue weighted by atomic mass is 127. The van der Waals surface area contributed by atoms with E-state index in [1.807, 2.05) is 0 Å². The number of rotatable bonds is 2. The summed E-state index contributed by atoms with van der Waals surface area (Å²) in [7, 11) is 0. The summed E-state index contributed by atoms with van der Waals surface area (Å²) in [6, 6.07) is -0.221. The van der Waals surface area contributed by atoms with E-state index in [4.69, 9.17) is 5.73 Å². The van der Waals surface area contributed by atoms with Crippen LogP contribution >= 0.6 is 57.6 Å². The molecule has 0 aliphatic carbocycles. The summed E-state index contributed by atoms with van der Waals surface area (Å²) in [4.78, 5) is 0. The maximum Gasteiger partial charge on any atom is 0.455 e. The van der Waals surface area contributed by atoms with E-state index in [0.29, 0.717) is 3.57 Å². The van der Waals surface area contributed by atoms with E-state index >= 15 is 0 Å². The number of phenols is 1. The smallest absolute Gasteiger partial charge is 0.455 e. The van der Waals surface area contributed by atoms with Crippen molar-refractivity contribution in [2.24, 2.45) is 5.73 Å². The van der Waals surface area contributed by atoms with E-state index in [0.717, 1.165) is 6.07 Å². The van der Waals surface area contributed by atoms with Crippen molar-refractivity contribution in [2.45, 2.75) is 18.1 Å². The van der Waals surface area contributed by atoms with Crippen LogP contribution in [0.15, 0.2) is 12.1 Å². The van der Waals surface area contributed by atoms with Crippen molar-refractivity contribution in [2.75, 3.05) is 0 Å². The van der Waals surface area contributed by atoms with Gasteiger partial charge in [0.1, 0.15) is 11.8 Å². The minimum Gasteiger partial charge on any atom is -0.506 e. The first-order valence-corrected chi connectivity index (χ1v) is 6.52.